The Bertz CT molecular complexity index is 1010. The Hall–Kier alpha value is -3.04. The fourth-order valence-corrected chi connectivity index (χ4v) is 4.15. The molecular weight excluding hydrogens is 372 g/mol. The molecule has 1 aliphatic rings. The highest BCUT2D eigenvalue weighted by molar-refractivity contribution is 7.89. The van der Waals surface area contributed by atoms with E-state index in [1.165, 1.54) is 35.0 Å². The van der Waals surface area contributed by atoms with Crippen LogP contribution in [0.2, 0.25) is 0 Å². The Labute approximate surface area is 155 Å². The lowest BCUT2D eigenvalue weighted by molar-refractivity contribution is -0.118. The second kappa shape index (κ2) is 6.93. The van der Waals surface area contributed by atoms with E-state index in [9.17, 15) is 13.2 Å². The van der Waals surface area contributed by atoms with Gasteiger partial charge in [0.2, 0.25) is 10.0 Å². The van der Waals surface area contributed by atoms with Crippen LogP contribution in [0.4, 0.5) is 5.69 Å². The van der Waals surface area contributed by atoms with Crippen molar-refractivity contribution in [1.82, 2.24) is 4.31 Å². The van der Waals surface area contributed by atoms with Crippen LogP contribution in [-0.2, 0) is 27.9 Å². The SMILES string of the molecule is O=C1COc2ccc(S(=O)(=O)N(Cc3ccco3)Cc3ccco3)cc2N1. The van der Waals surface area contributed by atoms with Crippen molar-refractivity contribution in [3.63, 3.8) is 0 Å². The Morgan fingerprint density at radius 3 is 2.26 bits per heavy atom. The number of anilines is 1. The Kier molecular flexibility index (Phi) is 4.46. The average molecular weight is 388 g/mol. The number of nitrogens with one attached hydrogen (secondary N) is 1. The maximum absolute atomic E-state index is 13.2. The summed E-state index contributed by atoms with van der Waals surface area (Å²) in [6.45, 7) is -0.0197. The number of carbonyl (C=O) groups excluding carboxylic acids is 1. The van der Waals surface area contributed by atoms with Crippen LogP contribution in [0.15, 0.2) is 68.7 Å². The van der Waals surface area contributed by atoms with Crippen molar-refractivity contribution in [3.05, 3.63) is 66.5 Å². The molecule has 0 saturated carbocycles. The van der Waals surface area contributed by atoms with E-state index in [0.717, 1.165) is 0 Å². The van der Waals surface area contributed by atoms with Gasteiger partial charge in [0, 0.05) is 0 Å². The summed E-state index contributed by atoms with van der Waals surface area (Å²) in [6.07, 6.45) is 2.97. The van der Waals surface area contributed by atoms with Crippen LogP contribution in [0, 0.1) is 0 Å². The third-order valence-electron chi connectivity index (χ3n) is 4.05. The Morgan fingerprint density at radius 2 is 1.67 bits per heavy atom. The molecule has 0 fully saturated rings. The fraction of sp³-hybridized carbons (Fsp3) is 0.167. The highest BCUT2D eigenvalue weighted by Gasteiger charge is 2.28. The molecule has 2 aromatic heterocycles. The van der Waals surface area contributed by atoms with Gasteiger partial charge in [-0.15, -0.1) is 0 Å². The second-order valence-electron chi connectivity index (χ2n) is 5.93. The monoisotopic (exact) mass is 388 g/mol. The molecule has 9 heteroatoms. The summed E-state index contributed by atoms with van der Waals surface area (Å²) in [5.74, 6) is 1.09. The number of amides is 1. The van der Waals surface area contributed by atoms with E-state index in [1.807, 2.05) is 0 Å². The van der Waals surface area contributed by atoms with Crippen LogP contribution in [0.1, 0.15) is 11.5 Å². The maximum Gasteiger partial charge on any atom is 0.262 e. The van der Waals surface area contributed by atoms with E-state index in [-0.39, 0.29) is 30.5 Å². The molecular formula is C18H16N2O6S. The normalized spacial score (nSPS) is 13.9. The molecule has 0 spiro atoms. The highest BCUT2D eigenvalue weighted by Crippen LogP contribution is 2.32. The molecule has 1 aliphatic heterocycles. The molecule has 140 valence electrons. The number of nitrogens with zero attached hydrogens (tertiary/aromatic N) is 1. The van der Waals surface area contributed by atoms with Gasteiger partial charge in [-0.05, 0) is 42.5 Å². The van der Waals surface area contributed by atoms with Gasteiger partial charge in [0.15, 0.2) is 6.61 Å². The first kappa shape index (κ1) is 17.4. The van der Waals surface area contributed by atoms with E-state index >= 15 is 0 Å². The van der Waals surface area contributed by atoms with Crippen LogP contribution in [-0.4, -0.2) is 25.2 Å². The van der Waals surface area contributed by atoms with Crippen LogP contribution < -0.4 is 10.1 Å². The summed E-state index contributed by atoms with van der Waals surface area (Å²) in [7, 11) is -3.90. The molecule has 0 atom stereocenters. The first-order valence-electron chi connectivity index (χ1n) is 8.14. The second-order valence-corrected chi connectivity index (χ2v) is 7.86. The zero-order chi connectivity index (χ0) is 18.9. The molecule has 27 heavy (non-hydrogen) atoms. The first-order valence-corrected chi connectivity index (χ1v) is 9.58. The Morgan fingerprint density at radius 1 is 1.00 bits per heavy atom. The topological polar surface area (TPSA) is 102 Å². The van der Waals surface area contributed by atoms with Crippen molar-refractivity contribution in [3.8, 4) is 5.75 Å². The smallest absolute Gasteiger partial charge is 0.262 e. The molecule has 0 unspecified atom stereocenters. The largest absolute Gasteiger partial charge is 0.482 e. The van der Waals surface area contributed by atoms with Crippen molar-refractivity contribution in [2.75, 3.05) is 11.9 Å². The Balaban J connectivity index is 1.69. The van der Waals surface area contributed by atoms with Gasteiger partial charge in [0.25, 0.3) is 5.91 Å². The quantitative estimate of drug-likeness (QED) is 0.696. The van der Waals surface area contributed by atoms with Crippen molar-refractivity contribution in [2.45, 2.75) is 18.0 Å². The summed E-state index contributed by atoms with van der Waals surface area (Å²) in [5.41, 5.74) is 0.322. The standard InChI is InChI=1S/C18H16N2O6S/c21-18-12-26-17-6-5-15(9-16(17)19-18)27(22,23)20(10-13-3-1-7-24-13)11-14-4-2-8-25-14/h1-9H,10-12H2,(H,19,21). The minimum absolute atomic E-state index is 0.0326. The number of benzene rings is 1. The number of ether oxygens (including phenoxy) is 1. The van der Waals surface area contributed by atoms with Gasteiger partial charge in [-0.2, -0.15) is 4.31 Å². The minimum Gasteiger partial charge on any atom is -0.482 e. The molecule has 3 heterocycles. The number of sulfonamides is 1. The van der Waals surface area contributed by atoms with E-state index in [1.54, 1.807) is 24.3 Å². The minimum atomic E-state index is -3.90. The van der Waals surface area contributed by atoms with Crippen LogP contribution in [0.5, 0.6) is 5.75 Å². The van der Waals surface area contributed by atoms with E-state index in [4.69, 9.17) is 13.6 Å². The van der Waals surface area contributed by atoms with E-state index in [2.05, 4.69) is 5.32 Å². The molecule has 1 amide bonds. The summed E-state index contributed by atoms with van der Waals surface area (Å²) in [5, 5.41) is 2.62. The molecule has 8 nitrogen and oxygen atoms in total. The summed E-state index contributed by atoms with van der Waals surface area (Å²) in [6, 6.07) is 11.1. The fourth-order valence-electron chi connectivity index (χ4n) is 2.75. The van der Waals surface area contributed by atoms with Gasteiger partial charge in [-0.1, -0.05) is 0 Å². The van der Waals surface area contributed by atoms with Gasteiger partial charge in [-0.3, -0.25) is 4.79 Å². The number of furan rings is 2. The molecule has 0 saturated heterocycles. The highest BCUT2D eigenvalue weighted by atomic mass is 32.2. The van der Waals surface area contributed by atoms with E-state index in [0.29, 0.717) is 23.0 Å². The van der Waals surface area contributed by atoms with E-state index < -0.39 is 10.0 Å². The van der Waals surface area contributed by atoms with Gasteiger partial charge in [0.1, 0.15) is 17.3 Å². The van der Waals surface area contributed by atoms with Gasteiger partial charge in [-0.25, -0.2) is 8.42 Å². The number of fused-ring (bicyclic) bond motifs is 1. The zero-order valence-electron chi connectivity index (χ0n) is 14.1. The molecule has 1 N–H and O–H groups in total. The third kappa shape index (κ3) is 3.60. The maximum atomic E-state index is 13.2. The molecule has 0 aliphatic carbocycles. The number of hydrogen-bond acceptors (Lipinski definition) is 6. The lowest BCUT2D eigenvalue weighted by Crippen LogP contribution is -2.30. The third-order valence-corrected chi connectivity index (χ3v) is 5.83. The number of hydrogen-bond donors (Lipinski definition) is 1. The molecule has 0 bridgehead atoms. The van der Waals surface area contributed by atoms with Crippen LogP contribution >= 0.6 is 0 Å². The zero-order valence-corrected chi connectivity index (χ0v) is 14.9. The lowest BCUT2D eigenvalue weighted by Gasteiger charge is -2.22. The van der Waals surface area contributed by atoms with Crippen LogP contribution in [0.25, 0.3) is 0 Å². The summed E-state index contributed by atoms with van der Waals surface area (Å²) >= 11 is 0. The predicted molar refractivity (Wildman–Crippen MR) is 94.4 cm³/mol. The van der Waals surface area contributed by atoms with Gasteiger partial charge >= 0.3 is 0 Å². The summed E-state index contributed by atoms with van der Waals surface area (Å²) in [4.78, 5) is 11.6. The molecule has 3 aromatic rings. The van der Waals surface area contributed by atoms with Crippen molar-refractivity contribution in [2.24, 2.45) is 0 Å². The molecule has 4 rings (SSSR count). The average Bonchev–Trinajstić information content (AvgIpc) is 3.34. The van der Waals surface area contributed by atoms with Gasteiger partial charge in [0.05, 0.1) is 36.2 Å². The summed E-state index contributed by atoms with van der Waals surface area (Å²) < 4.78 is 43.6. The van der Waals surface area contributed by atoms with Crippen molar-refractivity contribution in [1.29, 1.82) is 0 Å². The van der Waals surface area contributed by atoms with Crippen molar-refractivity contribution >= 4 is 21.6 Å². The molecule has 1 aromatic carbocycles. The first-order chi connectivity index (χ1) is 13.0. The number of rotatable bonds is 6. The van der Waals surface area contributed by atoms with Crippen molar-refractivity contribution < 1.29 is 26.8 Å². The number of carbonyl (C=O) groups is 1. The predicted octanol–water partition coefficient (Wildman–Crippen LogP) is 2.59. The lowest BCUT2D eigenvalue weighted by atomic mass is 10.2. The molecule has 0 radical (unpaired) electrons. The van der Waals surface area contributed by atoms with Crippen LogP contribution in [0.3, 0.4) is 0 Å². The van der Waals surface area contributed by atoms with Gasteiger partial charge < -0.3 is 18.9 Å².